The Balaban J connectivity index is 1.42. The second-order valence-electron chi connectivity index (χ2n) is 8.21. The summed E-state index contributed by atoms with van der Waals surface area (Å²) >= 11 is 0. The Hall–Kier alpha value is -2.28. The van der Waals surface area contributed by atoms with Crippen LogP contribution in [0, 0.1) is 0 Å². The third-order valence-corrected chi connectivity index (χ3v) is 6.19. The SMILES string of the molecule is COCCCN1CCOc2ccc(CO[C@H]3CNCC[C@@H]3c3ccc(OC)cc3)cc21. The fourth-order valence-electron chi connectivity index (χ4n) is 4.48. The van der Waals surface area contributed by atoms with E-state index in [1.807, 2.05) is 12.1 Å². The Labute approximate surface area is 185 Å². The van der Waals surface area contributed by atoms with Crippen LogP contribution in [-0.4, -0.2) is 59.7 Å². The Morgan fingerprint density at radius 2 is 2.00 bits per heavy atom. The minimum atomic E-state index is 0.146. The van der Waals surface area contributed by atoms with Crippen molar-refractivity contribution in [3.05, 3.63) is 53.6 Å². The first-order chi connectivity index (χ1) is 15.3. The normalized spacial score (nSPS) is 20.8. The molecule has 0 amide bonds. The molecule has 4 rings (SSSR count). The highest BCUT2D eigenvalue weighted by Gasteiger charge is 2.27. The number of nitrogens with one attached hydrogen (secondary N) is 1. The highest BCUT2D eigenvalue weighted by Crippen LogP contribution is 2.34. The van der Waals surface area contributed by atoms with Crippen LogP contribution >= 0.6 is 0 Å². The molecule has 2 atom stereocenters. The van der Waals surface area contributed by atoms with Gasteiger partial charge in [-0.1, -0.05) is 18.2 Å². The fraction of sp³-hybridized carbons (Fsp3) is 0.520. The number of hydrogen-bond acceptors (Lipinski definition) is 6. The van der Waals surface area contributed by atoms with E-state index in [4.69, 9.17) is 18.9 Å². The number of hydrogen-bond donors (Lipinski definition) is 1. The van der Waals surface area contributed by atoms with Gasteiger partial charge in [-0.2, -0.15) is 0 Å². The van der Waals surface area contributed by atoms with Gasteiger partial charge >= 0.3 is 0 Å². The molecule has 6 heteroatoms. The van der Waals surface area contributed by atoms with Crippen molar-refractivity contribution >= 4 is 5.69 Å². The number of piperidine rings is 1. The van der Waals surface area contributed by atoms with Crippen molar-refractivity contribution in [1.29, 1.82) is 0 Å². The lowest BCUT2D eigenvalue weighted by Gasteiger charge is -2.33. The van der Waals surface area contributed by atoms with Gasteiger partial charge in [0.05, 0.1) is 32.1 Å². The summed E-state index contributed by atoms with van der Waals surface area (Å²) in [5.74, 6) is 2.24. The minimum Gasteiger partial charge on any atom is -0.497 e. The lowest BCUT2D eigenvalue weighted by atomic mass is 9.87. The molecule has 168 valence electrons. The lowest BCUT2D eigenvalue weighted by Crippen LogP contribution is -2.41. The molecule has 0 aromatic heterocycles. The van der Waals surface area contributed by atoms with E-state index >= 15 is 0 Å². The Bertz CT molecular complexity index is 827. The summed E-state index contributed by atoms with van der Waals surface area (Å²) in [6.07, 6.45) is 2.23. The highest BCUT2D eigenvalue weighted by molar-refractivity contribution is 5.61. The predicted molar refractivity (Wildman–Crippen MR) is 122 cm³/mol. The maximum Gasteiger partial charge on any atom is 0.142 e. The van der Waals surface area contributed by atoms with Crippen LogP contribution in [0.15, 0.2) is 42.5 Å². The van der Waals surface area contributed by atoms with Gasteiger partial charge in [0.2, 0.25) is 0 Å². The molecule has 2 aromatic rings. The maximum absolute atomic E-state index is 6.44. The first-order valence-corrected chi connectivity index (χ1v) is 11.2. The van der Waals surface area contributed by atoms with Crippen molar-refractivity contribution in [2.75, 3.05) is 58.5 Å². The summed E-state index contributed by atoms with van der Waals surface area (Å²) in [6, 6.07) is 14.8. The number of nitrogens with zero attached hydrogens (tertiary/aromatic N) is 1. The molecule has 2 aromatic carbocycles. The van der Waals surface area contributed by atoms with Crippen molar-refractivity contribution in [2.45, 2.75) is 31.5 Å². The zero-order valence-electron chi connectivity index (χ0n) is 18.6. The molecule has 2 aliphatic rings. The molecule has 0 aliphatic carbocycles. The standard InChI is InChI=1S/C25H34N2O4/c1-28-14-3-12-27-13-15-30-24-9-4-19(16-23(24)27)18-31-25-17-26-11-10-22(25)20-5-7-21(29-2)8-6-20/h4-9,16,22,25-26H,3,10-15,17-18H2,1-2H3/t22-,25+/m1/s1. The number of rotatable bonds is 9. The smallest absolute Gasteiger partial charge is 0.142 e. The van der Waals surface area contributed by atoms with Gasteiger partial charge in [0.25, 0.3) is 0 Å². The molecule has 6 nitrogen and oxygen atoms in total. The van der Waals surface area contributed by atoms with Gasteiger partial charge in [0, 0.05) is 32.7 Å². The summed E-state index contributed by atoms with van der Waals surface area (Å²) in [5.41, 5.74) is 3.66. The van der Waals surface area contributed by atoms with Crippen LogP contribution < -0.4 is 19.7 Å². The first-order valence-electron chi connectivity index (χ1n) is 11.2. The fourth-order valence-corrected chi connectivity index (χ4v) is 4.48. The van der Waals surface area contributed by atoms with Gasteiger partial charge < -0.3 is 29.2 Å². The van der Waals surface area contributed by atoms with Crippen LogP contribution in [0.3, 0.4) is 0 Å². The zero-order valence-corrected chi connectivity index (χ0v) is 18.6. The number of fused-ring (bicyclic) bond motifs is 1. The number of ether oxygens (including phenoxy) is 4. The third kappa shape index (κ3) is 5.50. The van der Waals surface area contributed by atoms with Gasteiger partial charge in [-0.3, -0.25) is 0 Å². The van der Waals surface area contributed by atoms with Crippen molar-refractivity contribution in [1.82, 2.24) is 5.32 Å². The summed E-state index contributed by atoms with van der Waals surface area (Å²) < 4.78 is 22.8. The van der Waals surface area contributed by atoms with Crippen LogP contribution in [0.4, 0.5) is 5.69 Å². The molecule has 0 radical (unpaired) electrons. The van der Waals surface area contributed by atoms with Crippen molar-refractivity contribution < 1.29 is 18.9 Å². The quantitative estimate of drug-likeness (QED) is 0.619. The van der Waals surface area contributed by atoms with Crippen LogP contribution in [0.5, 0.6) is 11.5 Å². The molecule has 2 aliphatic heterocycles. The van der Waals surface area contributed by atoms with Crippen LogP contribution in [0.2, 0.25) is 0 Å². The summed E-state index contributed by atoms with van der Waals surface area (Å²) in [5, 5.41) is 3.49. The lowest BCUT2D eigenvalue weighted by molar-refractivity contribution is 0.0106. The van der Waals surface area contributed by atoms with Crippen LogP contribution in [-0.2, 0) is 16.1 Å². The predicted octanol–water partition coefficient (Wildman–Crippen LogP) is 3.59. The molecule has 1 fully saturated rings. The maximum atomic E-state index is 6.44. The van der Waals surface area contributed by atoms with E-state index in [9.17, 15) is 0 Å². The second-order valence-corrected chi connectivity index (χ2v) is 8.21. The minimum absolute atomic E-state index is 0.146. The molecule has 0 bridgehead atoms. The van der Waals surface area contributed by atoms with Gasteiger partial charge in [-0.25, -0.2) is 0 Å². The Morgan fingerprint density at radius 3 is 2.81 bits per heavy atom. The van der Waals surface area contributed by atoms with Crippen LogP contribution in [0.25, 0.3) is 0 Å². The van der Waals surface area contributed by atoms with Gasteiger partial charge in [0.15, 0.2) is 0 Å². The van der Waals surface area contributed by atoms with E-state index in [0.29, 0.717) is 12.5 Å². The van der Waals surface area contributed by atoms with E-state index in [2.05, 4.69) is 40.5 Å². The molecular formula is C25H34N2O4. The average molecular weight is 427 g/mol. The zero-order chi connectivity index (χ0) is 21.5. The topological polar surface area (TPSA) is 52.2 Å². The van der Waals surface area contributed by atoms with E-state index < -0.39 is 0 Å². The van der Waals surface area contributed by atoms with Gasteiger partial charge in [-0.15, -0.1) is 0 Å². The molecule has 0 unspecified atom stereocenters. The monoisotopic (exact) mass is 426 g/mol. The number of methoxy groups -OCH3 is 2. The molecule has 1 saturated heterocycles. The first kappa shape index (κ1) is 21.9. The molecule has 2 heterocycles. The molecule has 31 heavy (non-hydrogen) atoms. The molecule has 0 saturated carbocycles. The van der Waals surface area contributed by atoms with E-state index in [1.165, 1.54) is 11.1 Å². The average Bonchev–Trinajstić information content (AvgIpc) is 2.83. The highest BCUT2D eigenvalue weighted by atomic mass is 16.5. The number of anilines is 1. The molecular weight excluding hydrogens is 392 g/mol. The van der Waals surface area contributed by atoms with Crippen molar-refractivity contribution in [3.63, 3.8) is 0 Å². The van der Waals surface area contributed by atoms with Crippen molar-refractivity contribution in [3.8, 4) is 11.5 Å². The van der Waals surface area contributed by atoms with Crippen LogP contribution in [0.1, 0.15) is 29.9 Å². The van der Waals surface area contributed by atoms with E-state index in [0.717, 1.165) is 69.4 Å². The molecule has 1 N–H and O–H groups in total. The van der Waals surface area contributed by atoms with Gasteiger partial charge in [0.1, 0.15) is 18.1 Å². The van der Waals surface area contributed by atoms with Crippen molar-refractivity contribution in [2.24, 2.45) is 0 Å². The summed E-state index contributed by atoms with van der Waals surface area (Å²) in [6.45, 7) is 5.87. The Morgan fingerprint density at radius 1 is 1.13 bits per heavy atom. The van der Waals surface area contributed by atoms with Gasteiger partial charge in [-0.05, 0) is 54.8 Å². The molecule has 0 spiro atoms. The largest absolute Gasteiger partial charge is 0.497 e. The second kappa shape index (κ2) is 10.8. The summed E-state index contributed by atoms with van der Waals surface area (Å²) in [4.78, 5) is 2.39. The van der Waals surface area contributed by atoms with E-state index in [1.54, 1.807) is 14.2 Å². The summed E-state index contributed by atoms with van der Waals surface area (Å²) in [7, 11) is 3.45. The number of benzene rings is 2. The Kier molecular flexibility index (Phi) is 7.67. The third-order valence-electron chi connectivity index (χ3n) is 6.19. The van der Waals surface area contributed by atoms with E-state index in [-0.39, 0.29) is 6.10 Å².